The van der Waals surface area contributed by atoms with Crippen molar-refractivity contribution in [3.63, 3.8) is 0 Å². The van der Waals surface area contributed by atoms with Crippen LogP contribution in [-0.2, 0) is 0 Å². The van der Waals surface area contributed by atoms with Gasteiger partial charge in [0.1, 0.15) is 11.9 Å². The summed E-state index contributed by atoms with van der Waals surface area (Å²) in [5.74, 6) is 0.975. The molecule has 0 saturated carbocycles. The van der Waals surface area contributed by atoms with Crippen LogP contribution in [-0.4, -0.2) is 25.5 Å². The van der Waals surface area contributed by atoms with Gasteiger partial charge in [-0.05, 0) is 49.5 Å². The summed E-state index contributed by atoms with van der Waals surface area (Å²) in [6.07, 6.45) is 1.08. The molecular weight excluding hydrogens is 302 g/mol. The normalized spacial score (nSPS) is 12.7. The molecule has 0 aliphatic rings. The maximum Gasteiger partial charge on any atom is 0.134 e. The van der Waals surface area contributed by atoms with Gasteiger partial charge in [0.15, 0.2) is 0 Å². The predicted molar refractivity (Wildman–Crippen MR) is 99.5 cm³/mol. The number of ether oxygens (including phenoxy) is 1. The van der Waals surface area contributed by atoms with Gasteiger partial charge in [0, 0.05) is 23.2 Å². The molecule has 0 amide bonds. The van der Waals surface area contributed by atoms with Crippen LogP contribution >= 0.6 is 11.3 Å². The lowest BCUT2D eigenvalue weighted by atomic mass is 10.0. The Bertz CT molecular complexity index is 764. The van der Waals surface area contributed by atoms with E-state index in [1.807, 2.05) is 0 Å². The van der Waals surface area contributed by atoms with Gasteiger partial charge >= 0.3 is 0 Å². The number of hydrogen-bond acceptors (Lipinski definition) is 3. The van der Waals surface area contributed by atoms with E-state index >= 15 is 0 Å². The van der Waals surface area contributed by atoms with E-state index in [0.29, 0.717) is 0 Å². The number of benzene rings is 2. The summed E-state index contributed by atoms with van der Waals surface area (Å²) < 4.78 is 6.46. The molecule has 3 rings (SSSR count). The minimum Gasteiger partial charge on any atom is -0.484 e. The second-order valence-electron chi connectivity index (χ2n) is 6.14. The summed E-state index contributed by atoms with van der Waals surface area (Å²) in [6.45, 7) is 3.15. The summed E-state index contributed by atoms with van der Waals surface area (Å²) in [5, 5.41) is 4.58. The van der Waals surface area contributed by atoms with Crippen molar-refractivity contribution in [2.45, 2.75) is 19.4 Å². The van der Waals surface area contributed by atoms with E-state index in [1.165, 1.54) is 21.2 Å². The molecule has 1 unspecified atom stereocenters. The van der Waals surface area contributed by atoms with E-state index in [0.717, 1.165) is 18.7 Å². The first-order valence-electron chi connectivity index (χ1n) is 7.98. The van der Waals surface area contributed by atoms with Crippen molar-refractivity contribution in [2.24, 2.45) is 0 Å². The van der Waals surface area contributed by atoms with Gasteiger partial charge in [0.2, 0.25) is 0 Å². The fourth-order valence-corrected chi connectivity index (χ4v) is 3.58. The van der Waals surface area contributed by atoms with Gasteiger partial charge in [-0.2, -0.15) is 0 Å². The Morgan fingerprint density at radius 2 is 1.78 bits per heavy atom. The fourth-order valence-electron chi connectivity index (χ4n) is 2.79. The van der Waals surface area contributed by atoms with Gasteiger partial charge in [-0.25, -0.2) is 0 Å². The summed E-state index contributed by atoms with van der Waals surface area (Å²) in [4.78, 5) is 3.49. The topological polar surface area (TPSA) is 12.5 Å². The molecule has 3 aromatic rings. The molecular formula is C20H23NOS. The summed E-state index contributed by atoms with van der Waals surface area (Å²) in [5.41, 5.74) is 1.29. The number of rotatable bonds is 6. The molecule has 2 nitrogen and oxygen atoms in total. The first-order chi connectivity index (χ1) is 11.1. The summed E-state index contributed by atoms with van der Waals surface area (Å²) in [7, 11) is 4.21. The Morgan fingerprint density at radius 3 is 2.48 bits per heavy atom. The molecule has 1 aromatic heterocycles. The summed E-state index contributed by atoms with van der Waals surface area (Å²) >= 11 is 1.77. The number of aryl methyl sites for hydroxylation is 1. The first-order valence-corrected chi connectivity index (χ1v) is 8.86. The molecule has 2 aromatic carbocycles. The van der Waals surface area contributed by atoms with Gasteiger partial charge in [0.05, 0.1) is 0 Å². The highest BCUT2D eigenvalue weighted by molar-refractivity contribution is 7.10. The molecule has 0 aliphatic carbocycles. The van der Waals surface area contributed by atoms with Crippen LogP contribution in [0.3, 0.4) is 0 Å². The summed E-state index contributed by atoms with van der Waals surface area (Å²) in [6, 6.07) is 17.0. The minimum atomic E-state index is 0.100. The first kappa shape index (κ1) is 16.0. The van der Waals surface area contributed by atoms with Crippen molar-refractivity contribution in [1.29, 1.82) is 0 Å². The number of fused-ring (bicyclic) bond motifs is 1. The van der Waals surface area contributed by atoms with E-state index in [9.17, 15) is 0 Å². The van der Waals surface area contributed by atoms with Gasteiger partial charge in [-0.15, -0.1) is 11.3 Å². The van der Waals surface area contributed by atoms with E-state index in [4.69, 9.17) is 4.74 Å². The number of thiophene rings is 1. The zero-order valence-corrected chi connectivity index (χ0v) is 14.8. The smallest absolute Gasteiger partial charge is 0.134 e. The second-order valence-corrected chi connectivity index (χ2v) is 7.12. The van der Waals surface area contributed by atoms with E-state index < -0.39 is 0 Å². The van der Waals surface area contributed by atoms with Gasteiger partial charge < -0.3 is 9.64 Å². The van der Waals surface area contributed by atoms with Gasteiger partial charge in [-0.3, -0.25) is 0 Å². The zero-order valence-electron chi connectivity index (χ0n) is 14.0. The molecule has 0 bridgehead atoms. The Balaban J connectivity index is 1.92. The molecule has 1 heterocycles. The van der Waals surface area contributed by atoms with Crippen LogP contribution in [0, 0.1) is 6.92 Å². The largest absolute Gasteiger partial charge is 0.484 e. The van der Waals surface area contributed by atoms with E-state index in [2.05, 4.69) is 79.8 Å². The lowest BCUT2D eigenvalue weighted by Crippen LogP contribution is -2.18. The monoisotopic (exact) mass is 325 g/mol. The highest BCUT2D eigenvalue weighted by Gasteiger charge is 2.16. The molecule has 0 aliphatic heterocycles. The van der Waals surface area contributed by atoms with Crippen LogP contribution in [0.15, 0.2) is 53.9 Å². The van der Waals surface area contributed by atoms with Crippen LogP contribution in [0.25, 0.3) is 10.8 Å². The van der Waals surface area contributed by atoms with E-state index in [-0.39, 0.29) is 6.10 Å². The molecule has 0 spiro atoms. The van der Waals surface area contributed by atoms with Crippen molar-refractivity contribution in [2.75, 3.05) is 20.6 Å². The molecule has 3 heteroatoms. The SMILES string of the molecule is Cc1ccc(OC(CCN(C)C)c2cccs2)c2ccccc12. The average Bonchev–Trinajstić information content (AvgIpc) is 3.08. The lowest BCUT2D eigenvalue weighted by molar-refractivity contribution is 0.185. The third kappa shape index (κ3) is 3.74. The number of hydrogen-bond donors (Lipinski definition) is 0. The Kier molecular flexibility index (Phi) is 4.99. The lowest BCUT2D eigenvalue weighted by Gasteiger charge is -2.21. The van der Waals surface area contributed by atoms with Crippen molar-refractivity contribution in [1.82, 2.24) is 4.90 Å². The van der Waals surface area contributed by atoms with Crippen molar-refractivity contribution in [3.8, 4) is 5.75 Å². The van der Waals surface area contributed by atoms with Crippen LogP contribution in [0.4, 0.5) is 0 Å². The quantitative estimate of drug-likeness (QED) is 0.611. The highest BCUT2D eigenvalue weighted by Crippen LogP contribution is 2.34. The molecule has 0 N–H and O–H groups in total. The van der Waals surface area contributed by atoms with Gasteiger partial charge in [0.25, 0.3) is 0 Å². The molecule has 0 fully saturated rings. The van der Waals surface area contributed by atoms with Crippen molar-refractivity contribution < 1.29 is 4.74 Å². The molecule has 120 valence electrons. The van der Waals surface area contributed by atoms with Gasteiger partial charge in [-0.1, -0.05) is 36.4 Å². The van der Waals surface area contributed by atoms with Crippen LogP contribution in [0.1, 0.15) is 23.0 Å². The Morgan fingerprint density at radius 1 is 1.00 bits per heavy atom. The van der Waals surface area contributed by atoms with Crippen molar-refractivity contribution in [3.05, 3.63) is 64.4 Å². The maximum absolute atomic E-state index is 6.46. The Hall–Kier alpha value is -1.84. The zero-order chi connectivity index (χ0) is 16.2. The van der Waals surface area contributed by atoms with Crippen molar-refractivity contribution >= 4 is 22.1 Å². The predicted octanol–water partition coefficient (Wildman–Crippen LogP) is 5.28. The Labute approximate surface area is 142 Å². The molecule has 0 saturated heterocycles. The standard InChI is InChI=1S/C20H23NOS/c1-15-10-11-18(17-8-5-4-7-16(15)17)22-19(12-13-21(2)3)20-9-6-14-23-20/h4-11,14,19H,12-13H2,1-3H3. The molecule has 1 atom stereocenters. The minimum absolute atomic E-state index is 0.100. The molecule has 0 radical (unpaired) electrons. The highest BCUT2D eigenvalue weighted by atomic mass is 32.1. The number of nitrogens with zero attached hydrogens (tertiary/aromatic N) is 1. The molecule has 23 heavy (non-hydrogen) atoms. The second kappa shape index (κ2) is 7.16. The van der Waals surface area contributed by atoms with Crippen LogP contribution in [0.5, 0.6) is 5.75 Å². The maximum atomic E-state index is 6.46. The average molecular weight is 325 g/mol. The third-order valence-corrected chi connectivity index (χ3v) is 5.03. The third-order valence-electron chi connectivity index (χ3n) is 4.07. The van der Waals surface area contributed by atoms with Crippen LogP contribution < -0.4 is 4.74 Å². The fraction of sp³-hybridized carbons (Fsp3) is 0.300. The van der Waals surface area contributed by atoms with E-state index in [1.54, 1.807) is 11.3 Å². The van der Waals surface area contributed by atoms with Crippen LogP contribution in [0.2, 0.25) is 0 Å².